The van der Waals surface area contributed by atoms with E-state index in [9.17, 15) is 0 Å². The topological polar surface area (TPSA) is 59.1 Å². The Balaban J connectivity index is 1.47. The maximum absolute atomic E-state index is 6.09. The number of benzene rings is 1. The van der Waals surface area contributed by atoms with Crippen molar-refractivity contribution in [2.45, 2.75) is 18.8 Å². The van der Waals surface area contributed by atoms with Crippen molar-refractivity contribution in [2.24, 2.45) is 0 Å². The lowest BCUT2D eigenvalue weighted by atomic mass is 9.91. The van der Waals surface area contributed by atoms with Gasteiger partial charge in [-0.25, -0.2) is 9.97 Å². The molecule has 132 valence electrons. The van der Waals surface area contributed by atoms with Crippen LogP contribution in [0.4, 0.5) is 11.5 Å². The molecule has 1 aliphatic rings. The smallest absolute Gasteiger partial charge is 0.222 e. The SMILES string of the molecule is c1ccc(Nc2ccc(Oc3ncccc3C3CCNCC3)cc2)nc1. The summed E-state index contributed by atoms with van der Waals surface area (Å²) in [6.07, 6.45) is 5.80. The van der Waals surface area contributed by atoms with Gasteiger partial charge in [0.05, 0.1) is 0 Å². The van der Waals surface area contributed by atoms with E-state index in [-0.39, 0.29) is 0 Å². The molecule has 1 fully saturated rings. The first-order valence-corrected chi connectivity index (χ1v) is 9.00. The molecule has 0 spiro atoms. The summed E-state index contributed by atoms with van der Waals surface area (Å²) in [6.45, 7) is 2.10. The number of nitrogens with zero attached hydrogens (tertiary/aromatic N) is 2. The van der Waals surface area contributed by atoms with Crippen molar-refractivity contribution in [2.75, 3.05) is 18.4 Å². The molecular formula is C21H22N4O. The summed E-state index contributed by atoms with van der Waals surface area (Å²) in [4.78, 5) is 8.74. The van der Waals surface area contributed by atoms with Gasteiger partial charge in [0.25, 0.3) is 0 Å². The first-order chi connectivity index (χ1) is 12.9. The zero-order valence-electron chi connectivity index (χ0n) is 14.6. The second-order valence-corrected chi connectivity index (χ2v) is 6.39. The fourth-order valence-corrected chi connectivity index (χ4v) is 3.23. The molecule has 2 aromatic heterocycles. The second-order valence-electron chi connectivity index (χ2n) is 6.39. The van der Waals surface area contributed by atoms with Crippen LogP contribution < -0.4 is 15.4 Å². The van der Waals surface area contributed by atoms with Gasteiger partial charge in [-0.05, 0) is 74.3 Å². The molecule has 5 nitrogen and oxygen atoms in total. The van der Waals surface area contributed by atoms with Gasteiger partial charge in [-0.1, -0.05) is 12.1 Å². The van der Waals surface area contributed by atoms with E-state index < -0.39 is 0 Å². The summed E-state index contributed by atoms with van der Waals surface area (Å²) in [7, 11) is 0. The maximum atomic E-state index is 6.09. The van der Waals surface area contributed by atoms with E-state index in [0.29, 0.717) is 11.8 Å². The Morgan fingerprint density at radius 1 is 0.885 bits per heavy atom. The molecule has 0 radical (unpaired) electrons. The minimum atomic E-state index is 0.505. The first kappa shape index (κ1) is 16.5. The second kappa shape index (κ2) is 7.97. The molecule has 1 saturated heterocycles. The lowest BCUT2D eigenvalue weighted by Crippen LogP contribution is -2.26. The van der Waals surface area contributed by atoms with Gasteiger partial charge in [-0.2, -0.15) is 0 Å². The number of rotatable bonds is 5. The van der Waals surface area contributed by atoms with Crippen molar-refractivity contribution in [3.8, 4) is 11.6 Å². The van der Waals surface area contributed by atoms with Gasteiger partial charge in [0.2, 0.25) is 5.88 Å². The Bertz CT molecular complexity index is 830. The number of pyridine rings is 2. The van der Waals surface area contributed by atoms with E-state index in [1.54, 1.807) is 12.4 Å². The highest BCUT2D eigenvalue weighted by Crippen LogP contribution is 2.33. The molecule has 0 unspecified atom stereocenters. The minimum absolute atomic E-state index is 0.505. The van der Waals surface area contributed by atoms with Crippen LogP contribution in [0.25, 0.3) is 0 Å². The predicted molar refractivity (Wildman–Crippen MR) is 103 cm³/mol. The third kappa shape index (κ3) is 4.00. The Labute approximate surface area is 153 Å². The summed E-state index contributed by atoms with van der Waals surface area (Å²) in [5.74, 6) is 2.82. The largest absolute Gasteiger partial charge is 0.439 e. The minimum Gasteiger partial charge on any atom is -0.439 e. The van der Waals surface area contributed by atoms with Crippen LogP contribution in [0.2, 0.25) is 0 Å². The van der Waals surface area contributed by atoms with Gasteiger partial charge in [-0.15, -0.1) is 0 Å². The summed E-state index contributed by atoms with van der Waals surface area (Å²) < 4.78 is 6.09. The van der Waals surface area contributed by atoms with Gasteiger partial charge in [0.1, 0.15) is 11.6 Å². The molecule has 3 aromatic rings. The van der Waals surface area contributed by atoms with Crippen molar-refractivity contribution in [1.29, 1.82) is 0 Å². The molecular weight excluding hydrogens is 324 g/mol. The average molecular weight is 346 g/mol. The number of hydrogen-bond donors (Lipinski definition) is 2. The van der Waals surface area contributed by atoms with Crippen LogP contribution in [-0.4, -0.2) is 23.1 Å². The van der Waals surface area contributed by atoms with Crippen LogP contribution in [0.1, 0.15) is 24.3 Å². The van der Waals surface area contributed by atoms with E-state index in [1.165, 1.54) is 5.56 Å². The molecule has 26 heavy (non-hydrogen) atoms. The first-order valence-electron chi connectivity index (χ1n) is 9.00. The van der Waals surface area contributed by atoms with Crippen LogP contribution in [0, 0.1) is 0 Å². The lowest BCUT2D eigenvalue weighted by Gasteiger charge is -2.24. The number of piperidine rings is 1. The highest BCUT2D eigenvalue weighted by Gasteiger charge is 2.19. The highest BCUT2D eigenvalue weighted by atomic mass is 16.5. The molecule has 0 amide bonds. The number of ether oxygens (including phenoxy) is 1. The van der Waals surface area contributed by atoms with E-state index in [2.05, 4.69) is 26.7 Å². The highest BCUT2D eigenvalue weighted by molar-refractivity contribution is 5.57. The van der Waals surface area contributed by atoms with Crippen molar-refractivity contribution >= 4 is 11.5 Å². The fraction of sp³-hybridized carbons (Fsp3) is 0.238. The van der Waals surface area contributed by atoms with Crippen LogP contribution in [-0.2, 0) is 0 Å². The van der Waals surface area contributed by atoms with Crippen molar-refractivity contribution in [1.82, 2.24) is 15.3 Å². The van der Waals surface area contributed by atoms with Crippen LogP contribution in [0.3, 0.4) is 0 Å². The number of hydrogen-bond acceptors (Lipinski definition) is 5. The number of anilines is 2. The summed E-state index contributed by atoms with van der Waals surface area (Å²) in [5, 5.41) is 6.68. The van der Waals surface area contributed by atoms with Crippen molar-refractivity contribution in [3.05, 3.63) is 72.6 Å². The fourth-order valence-electron chi connectivity index (χ4n) is 3.23. The van der Waals surface area contributed by atoms with E-state index in [0.717, 1.165) is 43.2 Å². The van der Waals surface area contributed by atoms with Gasteiger partial charge < -0.3 is 15.4 Å². The predicted octanol–water partition coefficient (Wildman–Crippen LogP) is 4.48. The summed E-state index contributed by atoms with van der Waals surface area (Å²) in [5.41, 5.74) is 2.17. The van der Waals surface area contributed by atoms with Crippen molar-refractivity contribution in [3.63, 3.8) is 0 Å². The summed E-state index contributed by atoms with van der Waals surface area (Å²) in [6, 6.07) is 17.8. The standard InChI is InChI=1S/C21H22N4O/c1-2-12-23-20(5-1)25-17-6-8-18(9-7-17)26-21-19(4-3-13-24-21)16-10-14-22-15-11-16/h1-9,12-13,16,22H,10-11,14-15H2,(H,23,25). The van der Waals surface area contributed by atoms with Gasteiger partial charge in [0, 0.05) is 23.6 Å². The maximum Gasteiger partial charge on any atom is 0.222 e. The molecule has 1 aliphatic heterocycles. The molecule has 0 bridgehead atoms. The molecule has 1 aromatic carbocycles. The molecule has 2 N–H and O–H groups in total. The molecule has 3 heterocycles. The molecule has 0 atom stereocenters. The molecule has 5 heteroatoms. The van der Waals surface area contributed by atoms with E-state index in [4.69, 9.17) is 4.74 Å². The average Bonchev–Trinajstić information content (AvgIpc) is 2.71. The molecule has 0 saturated carbocycles. The van der Waals surface area contributed by atoms with E-state index in [1.807, 2.05) is 48.5 Å². The van der Waals surface area contributed by atoms with Crippen molar-refractivity contribution < 1.29 is 4.74 Å². The third-order valence-electron chi connectivity index (χ3n) is 4.59. The quantitative estimate of drug-likeness (QED) is 0.713. The van der Waals surface area contributed by atoms with Crippen LogP contribution in [0.5, 0.6) is 11.6 Å². The summed E-state index contributed by atoms with van der Waals surface area (Å²) >= 11 is 0. The normalized spacial score (nSPS) is 14.8. The monoisotopic (exact) mass is 346 g/mol. The van der Waals surface area contributed by atoms with Gasteiger partial charge in [-0.3, -0.25) is 0 Å². The Morgan fingerprint density at radius 2 is 1.69 bits per heavy atom. The Hall–Kier alpha value is -2.92. The lowest BCUT2D eigenvalue weighted by molar-refractivity contribution is 0.419. The zero-order valence-corrected chi connectivity index (χ0v) is 14.6. The number of aromatic nitrogens is 2. The van der Waals surface area contributed by atoms with E-state index >= 15 is 0 Å². The number of nitrogens with one attached hydrogen (secondary N) is 2. The van der Waals surface area contributed by atoms with Crippen LogP contribution in [0.15, 0.2) is 67.0 Å². The van der Waals surface area contributed by atoms with Gasteiger partial charge in [0.15, 0.2) is 0 Å². The molecule has 4 rings (SSSR count). The van der Waals surface area contributed by atoms with Gasteiger partial charge >= 0.3 is 0 Å². The molecule has 0 aliphatic carbocycles. The van der Waals surface area contributed by atoms with Crippen LogP contribution >= 0.6 is 0 Å². The third-order valence-corrected chi connectivity index (χ3v) is 4.59. The zero-order chi connectivity index (χ0) is 17.6. The Kier molecular flexibility index (Phi) is 5.07. The Morgan fingerprint density at radius 3 is 2.46 bits per heavy atom.